The molecule has 0 aromatic rings. The smallest absolute Gasteiger partial charge is 0.178 e. The second kappa shape index (κ2) is 6.69. The van der Waals surface area contributed by atoms with Crippen LogP contribution in [0.4, 0.5) is 4.39 Å². The Morgan fingerprint density at radius 3 is 2.79 bits per heavy atom. The SMILES string of the molecule is C/N=C\CC(=O)C1[C@H](C)CC2C3CCC4=CC(=O)C=C[C@]4(C)[C@@]3(F)[C@@H](O)C[C@@]21C. The maximum atomic E-state index is 17.0. The number of hydrogen-bond donors (Lipinski definition) is 1. The molecule has 0 aromatic heterocycles. The number of aliphatic hydroxyl groups excluding tert-OH is 1. The number of alkyl halides is 1. The first-order valence-electron chi connectivity index (χ1n) is 10.8. The highest BCUT2D eigenvalue weighted by atomic mass is 19.1. The molecule has 0 aliphatic heterocycles. The van der Waals surface area contributed by atoms with Crippen LogP contribution in [0, 0.1) is 34.5 Å². The van der Waals surface area contributed by atoms with E-state index in [0.29, 0.717) is 19.3 Å². The van der Waals surface area contributed by atoms with Crippen molar-refractivity contribution < 1.29 is 19.1 Å². The van der Waals surface area contributed by atoms with Crippen LogP contribution in [0.5, 0.6) is 0 Å². The summed E-state index contributed by atoms with van der Waals surface area (Å²) in [6.45, 7) is 6.01. The highest BCUT2D eigenvalue weighted by Crippen LogP contribution is 2.69. The van der Waals surface area contributed by atoms with E-state index >= 15 is 4.39 Å². The van der Waals surface area contributed by atoms with Gasteiger partial charge in [-0.3, -0.25) is 9.59 Å². The van der Waals surface area contributed by atoms with Gasteiger partial charge in [0.1, 0.15) is 5.78 Å². The molecule has 29 heavy (non-hydrogen) atoms. The van der Waals surface area contributed by atoms with Crippen molar-refractivity contribution in [2.45, 2.75) is 64.6 Å². The third-order valence-corrected chi connectivity index (χ3v) is 8.80. The Kier molecular flexibility index (Phi) is 4.77. The minimum atomic E-state index is -1.82. The maximum Gasteiger partial charge on any atom is 0.178 e. The fraction of sp³-hybridized carbons (Fsp3) is 0.708. The standard InChI is InChI=1S/C24H32FNO3/c1-14-11-18-17-6-5-15-12-16(27)7-9-23(15,3)24(17,25)20(29)13-22(18,2)21(14)19(28)8-10-26-4/h7,9-10,12,14,17-18,20-21,29H,5-6,8,11,13H2,1-4H3/b26-10-/t14-,17?,18?,20+,21?,22+,23+,24+/m1/s1. The van der Waals surface area contributed by atoms with Gasteiger partial charge in [0.25, 0.3) is 0 Å². The normalized spacial score (nSPS) is 48.8. The molecule has 158 valence electrons. The number of allylic oxidation sites excluding steroid dienone is 4. The number of ketones is 2. The van der Waals surface area contributed by atoms with E-state index in [1.54, 1.807) is 25.4 Å². The van der Waals surface area contributed by atoms with Gasteiger partial charge in [0.2, 0.25) is 0 Å². The van der Waals surface area contributed by atoms with E-state index in [-0.39, 0.29) is 41.7 Å². The third kappa shape index (κ3) is 2.62. The van der Waals surface area contributed by atoms with Gasteiger partial charge < -0.3 is 10.1 Å². The van der Waals surface area contributed by atoms with Gasteiger partial charge in [-0.15, -0.1) is 0 Å². The van der Waals surface area contributed by atoms with Crippen molar-refractivity contribution in [2.75, 3.05) is 7.05 Å². The minimum absolute atomic E-state index is 0.0443. The van der Waals surface area contributed by atoms with E-state index in [1.165, 1.54) is 6.08 Å². The zero-order chi connectivity index (χ0) is 21.2. The number of Topliss-reactive ketones (excluding diaryl/α,β-unsaturated/α-hetero) is 1. The number of nitrogens with zero attached hydrogens (tertiary/aromatic N) is 1. The molecule has 0 radical (unpaired) electrons. The van der Waals surface area contributed by atoms with Gasteiger partial charge in [0, 0.05) is 36.9 Å². The quantitative estimate of drug-likeness (QED) is 0.730. The van der Waals surface area contributed by atoms with Crippen LogP contribution < -0.4 is 0 Å². The second-order valence-electron chi connectivity index (χ2n) is 10.2. The maximum absolute atomic E-state index is 17.0. The van der Waals surface area contributed by atoms with Crippen molar-refractivity contribution in [3.63, 3.8) is 0 Å². The predicted molar refractivity (Wildman–Crippen MR) is 110 cm³/mol. The molecule has 1 N–H and O–H groups in total. The molecule has 5 heteroatoms. The molecule has 8 atom stereocenters. The van der Waals surface area contributed by atoms with Gasteiger partial charge >= 0.3 is 0 Å². The summed E-state index contributed by atoms with van der Waals surface area (Å²) in [6, 6.07) is 0. The largest absolute Gasteiger partial charge is 0.390 e. The molecule has 4 rings (SSSR count). The lowest BCUT2D eigenvalue weighted by molar-refractivity contribution is -0.195. The summed E-state index contributed by atoms with van der Waals surface area (Å²) in [4.78, 5) is 28.9. The molecule has 3 fully saturated rings. The zero-order valence-corrected chi connectivity index (χ0v) is 17.8. The first-order chi connectivity index (χ1) is 13.6. The molecule has 4 aliphatic rings. The topological polar surface area (TPSA) is 66.7 Å². The number of aliphatic hydroxyl groups is 1. The Morgan fingerprint density at radius 1 is 1.38 bits per heavy atom. The minimum Gasteiger partial charge on any atom is -0.390 e. The Balaban J connectivity index is 1.75. The van der Waals surface area contributed by atoms with E-state index in [9.17, 15) is 14.7 Å². The van der Waals surface area contributed by atoms with E-state index in [0.717, 1.165) is 12.0 Å². The summed E-state index contributed by atoms with van der Waals surface area (Å²) >= 11 is 0. The monoisotopic (exact) mass is 401 g/mol. The number of carbonyl (C=O) groups is 2. The van der Waals surface area contributed by atoms with Crippen LogP contribution in [0.15, 0.2) is 28.8 Å². The van der Waals surface area contributed by atoms with Gasteiger partial charge in [-0.05, 0) is 62.0 Å². The number of hydrogen-bond acceptors (Lipinski definition) is 4. The number of aliphatic imine (C=N–C) groups is 1. The predicted octanol–water partition coefficient (Wildman–Crippen LogP) is 3.88. The fourth-order valence-electron chi connectivity index (χ4n) is 7.57. The fourth-order valence-corrected chi connectivity index (χ4v) is 7.57. The molecular formula is C24H32FNO3. The number of halogens is 1. The van der Waals surface area contributed by atoms with Crippen molar-refractivity contribution in [3.8, 4) is 0 Å². The highest BCUT2D eigenvalue weighted by Gasteiger charge is 2.71. The van der Waals surface area contributed by atoms with Gasteiger partial charge in [0.05, 0.1) is 6.10 Å². The highest BCUT2D eigenvalue weighted by molar-refractivity contribution is 6.01. The Morgan fingerprint density at radius 2 is 2.10 bits per heavy atom. The van der Waals surface area contributed by atoms with Crippen LogP contribution in [0.3, 0.4) is 0 Å². The molecule has 0 saturated heterocycles. The van der Waals surface area contributed by atoms with Crippen molar-refractivity contribution in [1.29, 1.82) is 0 Å². The number of carbonyl (C=O) groups excluding carboxylic acids is 2. The first kappa shape index (κ1) is 20.6. The summed E-state index contributed by atoms with van der Waals surface area (Å²) in [5.74, 6) is -0.257. The Labute approximate surface area is 172 Å². The number of rotatable bonds is 3. The molecule has 0 aromatic carbocycles. The summed E-state index contributed by atoms with van der Waals surface area (Å²) < 4.78 is 17.0. The number of fused-ring (bicyclic) bond motifs is 5. The van der Waals surface area contributed by atoms with Crippen LogP contribution in [0.25, 0.3) is 0 Å². The first-order valence-corrected chi connectivity index (χ1v) is 10.8. The average Bonchev–Trinajstić information content (AvgIpc) is 2.91. The second-order valence-corrected chi connectivity index (χ2v) is 10.2. The van der Waals surface area contributed by atoms with Crippen LogP contribution in [0.2, 0.25) is 0 Å². The molecule has 0 amide bonds. The van der Waals surface area contributed by atoms with Gasteiger partial charge in [-0.2, -0.15) is 0 Å². The molecule has 0 bridgehead atoms. The Bertz CT molecular complexity index is 832. The van der Waals surface area contributed by atoms with Crippen LogP contribution in [0.1, 0.15) is 52.9 Å². The Hall–Kier alpha value is -1.62. The lowest BCUT2D eigenvalue weighted by atomic mass is 9.45. The molecular weight excluding hydrogens is 369 g/mol. The summed E-state index contributed by atoms with van der Waals surface area (Å²) in [5.41, 5.74) is -2.40. The van der Waals surface area contributed by atoms with Crippen molar-refractivity contribution in [2.24, 2.45) is 39.5 Å². The average molecular weight is 402 g/mol. The van der Waals surface area contributed by atoms with E-state index in [1.807, 2.05) is 6.92 Å². The summed E-state index contributed by atoms with van der Waals surface area (Å²) in [5, 5.41) is 11.2. The third-order valence-electron chi connectivity index (χ3n) is 8.80. The molecule has 4 nitrogen and oxygen atoms in total. The van der Waals surface area contributed by atoms with Gasteiger partial charge in [-0.25, -0.2) is 4.39 Å². The van der Waals surface area contributed by atoms with Crippen molar-refractivity contribution in [1.82, 2.24) is 0 Å². The molecule has 3 unspecified atom stereocenters. The van der Waals surface area contributed by atoms with Crippen molar-refractivity contribution in [3.05, 3.63) is 23.8 Å². The van der Waals surface area contributed by atoms with E-state index in [2.05, 4.69) is 18.8 Å². The zero-order valence-electron chi connectivity index (χ0n) is 17.8. The van der Waals surface area contributed by atoms with E-state index < -0.39 is 22.6 Å². The lowest BCUT2D eigenvalue weighted by Gasteiger charge is -2.62. The summed E-state index contributed by atoms with van der Waals surface area (Å²) in [6.07, 6.45) is 7.82. The summed E-state index contributed by atoms with van der Waals surface area (Å²) in [7, 11) is 1.66. The molecule has 0 spiro atoms. The van der Waals surface area contributed by atoms with Crippen LogP contribution in [-0.4, -0.2) is 41.7 Å². The van der Waals surface area contributed by atoms with Crippen molar-refractivity contribution >= 4 is 17.8 Å². The molecule has 0 heterocycles. The van der Waals surface area contributed by atoms with Gasteiger partial charge in [-0.1, -0.05) is 25.5 Å². The molecule has 4 aliphatic carbocycles. The van der Waals surface area contributed by atoms with Crippen LogP contribution in [-0.2, 0) is 9.59 Å². The van der Waals surface area contributed by atoms with Crippen LogP contribution >= 0.6 is 0 Å². The lowest BCUT2D eigenvalue weighted by Crippen LogP contribution is -2.66. The van der Waals surface area contributed by atoms with Gasteiger partial charge in [0.15, 0.2) is 11.5 Å². The van der Waals surface area contributed by atoms with E-state index in [4.69, 9.17) is 0 Å². The molecule has 3 saturated carbocycles.